The normalized spacial score (nSPS) is 13.1. The quantitative estimate of drug-likeness (QED) is 0.664. The van der Waals surface area contributed by atoms with Crippen LogP contribution in [0.25, 0.3) is 0 Å². The number of alkyl halides is 1. The number of carbonyl (C=O) groups excluding carboxylic acids is 1. The lowest BCUT2D eigenvalue weighted by atomic mass is 10.0. The Morgan fingerprint density at radius 2 is 1.92 bits per heavy atom. The predicted octanol–water partition coefficient (Wildman–Crippen LogP) is 2.17. The fourth-order valence-electron chi connectivity index (χ4n) is 0.969. The molecule has 1 N–H and O–H groups in total. The predicted molar refractivity (Wildman–Crippen MR) is 52.4 cm³/mol. The number of hydrogen-bond acceptors (Lipinski definition) is 1. The summed E-state index contributed by atoms with van der Waals surface area (Å²) in [6.07, 6.45) is 2.17. The molecular weight excluding hydrogens is 174 g/mol. The van der Waals surface area contributed by atoms with E-state index in [1.54, 1.807) is 0 Å². The van der Waals surface area contributed by atoms with Crippen LogP contribution in [0.1, 0.15) is 33.6 Å². The van der Waals surface area contributed by atoms with Crippen LogP contribution >= 0.6 is 11.6 Å². The molecule has 0 aliphatic rings. The van der Waals surface area contributed by atoms with Gasteiger partial charge in [0.1, 0.15) is 5.88 Å². The Labute approximate surface area is 79.7 Å². The summed E-state index contributed by atoms with van der Waals surface area (Å²) in [4.78, 5) is 10.8. The van der Waals surface area contributed by atoms with Gasteiger partial charge in [0.15, 0.2) is 0 Å². The first-order valence-corrected chi connectivity index (χ1v) is 4.95. The molecule has 1 atom stereocenters. The van der Waals surface area contributed by atoms with E-state index < -0.39 is 0 Å². The van der Waals surface area contributed by atoms with E-state index >= 15 is 0 Å². The van der Waals surface area contributed by atoms with Gasteiger partial charge in [-0.05, 0) is 25.7 Å². The minimum atomic E-state index is -0.0760. The molecule has 0 saturated heterocycles. The number of nitrogens with one attached hydrogen (secondary N) is 1. The van der Waals surface area contributed by atoms with E-state index in [-0.39, 0.29) is 17.8 Å². The van der Waals surface area contributed by atoms with Crippen molar-refractivity contribution in [2.45, 2.75) is 39.7 Å². The van der Waals surface area contributed by atoms with Gasteiger partial charge in [0.2, 0.25) is 5.91 Å². The van der Waals surface area contributed by atoms with E-state index in [9.17, 15) is 4.79 Å². The fourth-order valence-corrected chi connectivity index (χ4v) is 1.05. The third kappa shape index (κ3) is 6.47. The zero-order chi connectivity index (χ0) is 9.56. The van der Waals surface area contributed by atoms with Crippen LogP contribution in [0, 0.1) is 5.92 Å². The summed E-state index contributed by atoms with van der Waals surface area (Å²) in [7, 11) is 0. The first kappa shape index (κ1) is 11.8. The molecule has 0 unspecified atom stereocenters. The third-order valence-corrected chi connectivity index (χ3v) is 1.95. The molecule has 72 valence electrons. The van der Waals surface area contributed by atoms with Crippen LogP contribution in [-0.4, -0.2) is 17.8 Å². The van der Waals surface area contributed by atoms with Crippen LogP contribution in [0.5, 0.6) is 0 Å². The average molecular weight is 192 g/mol. The van der Waals surface area contributed by atoms with Gasteiger partial charge in [-0.1, -0.05) is 13.8 Å². The van der Waals surface area contributed by atoms with Crippen LogP contribution in [0.3, 0.4) is 0 Å². The highest BCUT2D eigenvalue weighted by Crippen LogP contribution is 2.06. The zero-order valence-corrected chi connectivity index (χ0v) is 8.82. The molecule has 0 aromatic carbocycles. The molecule has 0 rings (SSSR count). The molecule has 0 aromatic heterocycles. The Morgan fingerprint density at radius 1 is 1.33 bits per heavy atom. The lowest BCUT2D eigenvalue weighted by Gasteiger charge is -2.13. The van der Waals surface area contributed by atoms with Crippen LogP contribution < -0.4 is 5.32 Å². The van der Waals surface area contributed by atoms with Gasteiger partial charge in [-0.2, -0.15) is 0 Å². The van der Waals surface area contributed by atoms with Gasteiger partial charge >= 0.3 is 0 Å². The van der Waals surface area contributed by atoms with Gasteiger partial charge in [0.05, 0.1) is 0 Å². The number of carbonyl (C=O) groups is 1. The molecule has 0 aromatic rings. The van der Waals surface area contributed by atoms with Crippen molar-refractivity contribution in [1.82, 2.24) is 5.32 Å². The van der Waals surface area contributed by atoms with E-state index in [0.29, 0.717) is 5.92 Å². The van der Waals surface area contributed by atoms with Crippen molar-refractivity contribution < 1.29 is 4.79 Å². The van der Waals surface area contributed by atoms with Crippen molar-refractivity contribution >= 4 is 17.5 Å². The molecule has 0 heterocycles. The Kier molecular flexibility index (Phi) is 6.17. The largest absolute Gasteiger partial charge is 0.353 e. The average Bonchev–Trinajstić information content (AvgIpc) is 2.00. The molecule has 0 fully saturated rings. The maximum atomic E-state index is 10.8. The van der Waals surface area contributed by atoms with Gasteiger partial charge in [-0.25, -0.2) is 0 Å². The molecule has 0 bridgehead atoms. The lowest BCUT2D eigenvalue weighted by Crippen LogP contribution is -2.33. The number of rotatable bonds is 5. The SMILES string of the molecule is CC(C)CC[C@H](C)NC(=O)CCl. The van der Waals surface area contributed by atoms with E-state index in [2.05, 4.69) is 19.2 Å². The standard InChI is InChI=1S/C9H18ClNO/c1-7(2)4-5-8(3)11-9(12)6-10/h7-8H,4-6H2,1-3H3,(H,11,12)/t8-/m0/s1. The van der Waals surface area contributed by atoms with Crippen molar-refractivity contribution in [1.29, 1.82) is 0 Å². The Bertz CT molecular complexity index is 136. The molecule has 0 aliphatic carbocycles. The fraction of sp³-hybridized carbons (Fsp3) is 0.889. The number of hydrogen-bond donors (Lipinski definition) is 1. The Hall–Kier alpha value is -0.240. The second-order valence-electron chi connectivity index (χ2n) is 3.57. The smallest absolute Gasteiger partial charge is 0.235 e. The zero-order valence-electron chi connectivity index (χ0n) is 8.06. The van der Waals surface area contributed by atoms with Gasteiger partial charge < -0.3 is 5.32 Å². The minimum absolute atomic E-state index is 0.0615. The van der Waals surface area contributed by atoms with Crippen molar-refractivity contribution in [2.24, 2.45) is 5.92 Å². The summed E-state index contributed by atoms with van der Waals surface area (Å²) in [5.41, 5.74) is 0. The summed E-state index contributed by atoms with van der Waals surface area (Å²) >= 11 is 5.35. The molecule has 12 heavy (non-hydrogen) atoms. The van der Waals surface area contributed by atoms with Crippen molar-refractivity contribution in [3.05, 3.63) is 0 Å². The highest BCUT2D eigenvalue weighted by Gasteiger charge is 2.06. The monoisotopic (exact) mass is 191 g/mol. The molecule has 0 saturated carbocycles. The topological polar surface area (TPSA) is 29.1 Å². The third-order valence-electron chi connectivity index (χ3n) is 1.71. The summed E-state index contributed by atoms with van der Waals surface area (Å²) < 4.78 is 0. The molecule has 3 heteroatoms. The number of halogens is 1. The van der Waals surface area contributed by atoms with Crippen LogP contribution in [-0.2, 0) is 4.79 Å². The Balaban J connectivity index is 3.45. The first-order valence-electron chi connectivity index (χ1n) is 4.41. The highest BCUT2D eigenvalue weighted by molar-refractivity contribution is 6.27. The summed E-state index contributed by atoms with van der Waals surface area (Å²) in [5.74, 6) is 0.680. The molecule has 2 nitrogen and oxygen atoms in total. The minimum Gasteiger partial charge on any atom is -0.353 e. The Morgan fingerprint density at radius 3 is 2.33 bits per heavy atom. The van der Waals surface area contributed by atoms with Crippen molar-refractivity contribution in [2.75, 3.05) is 5.88 Å². The first-order chi connectivity index (χ1) is 5.56. The van der Waals surface area contributed by atoms with E-state index in [0.717, 1.165) is 12.8 Å². The molecule has 0 radical (unpaired) electrons. The summed E-state index contributed by atoms with van der Waals surface area (Å²) in [6.45, 7) is 6.36. The van der Waals surface area contributed by atoms with Crippen molar-refractivity contribution in [3.8, 4) is 0 Å². The van der Waals surface area contributed by atoms with Crippen LogP contribution in [0.15, 0.2) is 0 Å². The van der Waals surface area contributed by atoms with Crippen molar-refractivity contribution in [3.63, 3.8) is 0 Å². The van der Waals surface area contributed by atoms with Crippen LogP contribution in [0.2, 0.25) is 0 Å². The van der Waals surface area contributed by atoms with Gasteiger partial charge in [-0.15, -0.1) is 11.6 Å². The summed E-state index contributed by atoms with van der Waals surface area (Å²) in [6, 6.07) is 0.249. The maximum absolute atomic E-state index is 10.8. The number of amides is 1. The maximum Gasteiger partial charge on any atom is 0.235 e. The summed E-state index contributed by atoms with van der Waals surface area (Å²) in [5, 5.41) is 2.81. The van der Waals surface area contributed by atoms with Gasteiger partial charge in [0.25, 0.3) is 0 Å². The molecule has 0 aliphatic heterocycles. The second kappa shape index (κ2) is 6.30. The molecular formula is C9H18ClNO. The second-order valence-corrected chi connectivity index (χ2v) is 3.84. The van der Waals surface area contributed by atoms with E-state index in [4.69, 9.17) is 11.6 Å². The molecule has 0 spiro atoms. The molecule has 1 amide bonds. The highest BCUT2D eigenvalue weighted by atomic mass is 35.5. The van der Waals surface area contributed by atoms with Gasteiger partial charge in [0, 0.05) is 6.04 Å². The van der Waals surface area contributed by atoms with E-state index in [1.807, 2.05) is 6.92 Å². The lowest BCUT2D eigenvalue weighted by molar-refractivity contribution is -0.119. The van der Waals surface area contributed by atoms with Crippen LogP contribution in [0.4, 0.5) is 0 Å². The van der Waals surface area contributed by atoms with E-state index in [1.165, 1.54) is 0 Å². The van der Waals surface area contributed by atoms with Gasteiger partial charge in [-0.3, -0.25) is 4.79 Å².